The number of hydrogen-bond donors (Lipinski definition) is 0. The predicted molar refractivity (Wildman–Crippen MR) is 90.4 cm³/mol. The standard InChI is InChI=1S/C18H23NSi/c1-20(2,17-12-7-4-8-13-17)18-14-9-15-19(18)16-10-5-3-6-11-16/h3-8,10-13,18H,9,14-15H2,1-2H3. The largest absolute Gasteiger partial charge is 0.371 e. The molecule has 0 spiro atoms. The van der Waals surface area contributed by atoms with Crippen molar-refractivity contribution in [3.8, 4) is 0 Å². The van der Waals surface area contributed by atoms with Crippen molar-refractivity contribution >= 4 is 18.9 Å². The molecule has 0 amide bonds. The maximum absolute atomic E-state index is 2.65. The van der Waals surface area contributed by atoms with Crippen LogP contribution in [0.3, 0.4) is 0 Å². The van der Waals surface area contributed by atoms with Crippen LogP contribution in [0.5, 0.6) is 0 Å². The average molecular weight is 281 g/mol. The molecule has 2 heteroatoms. The van der Waals surface area contributed by atoms with Crippen LogP contribution >= 0.6 is 0 Å². The van der Waals surface area contributed by atoms with Gasteiger partial charge in [0.25, 0.3) is 0 Å². The van der Waals surface area contributed by atoms with Gasteiger partial charge < -0.3 is 4.90 Å². The van der Waals surface area contributed by atoms with E-state index in [1.54, 1.807) is 5.19 Å². The minimum atomic E-state index is -1.47. The fourth-order valence-corrected chi connectivity index (χ4v) is 6.93. The summed E-state index contributed by atoms with van der Waals surface area (Å²) in [6.07, 6.45) is 2.66. The monoisotopic (exact) mass is 281 g/mol. The molecule has 2 aromatic carbocycles. The quantitative estimate of drug-likeness (QED) is 0.773. The van der Waals surface area contributed by atoms with Crippen molar-refractivity contribution in [3.05, 3.63) is 60.7 Å². The molecule has 3 rings (SSSR count). The normalized spacial score (nSPS) is 19.3. The van der Waals surface area contributed by atoms with Gasteiger partial charge in [0.2, 0.25) is 0 Å². The van der Waals surface area contributed by atoms with Gasteiger partial charge in [-0.1, -0.05) is 66.8 Å². The number of rotatable bonds is 3. The zero-order valence-electron chi connectivity index (χ0n) is 12.4. The van der Waals surface area contributed by atoms with E-state index in [0.29, 0.717) is 5.67 Å². The van der Waals surface area contributed by atoms with E-state index in [4.69, 9.17) is 0 Å². The first-order valence-electron chi connectivity index (χ1n) is 7.57. The van der Waals surface area contributed by atoms with Gasteiger partial charge >= 0.3 is 0 Å². The second-order valence-electron chi connectivity index (χ2n) is 6.27. The fraction of sp³-hybridized carbons (Fsp3) is 0.333. The third kappa shape index (κ3) is 2.40. The highest BCUT2D eigenvalue weighted by atomic mass is 28.3. The molecule has 1 fully saturated rings. The molecule has 1 unspecified atom stereocenters. The summed E-state index contributed by atoms with van der Waals surface area (Å²) < 4.78 is 0. The molecule has 0 aromatic heterocycles. The molecule has 0 N–H and O–H groups in total. The highest BCUT2D eigenvalue weighted by Gasteiger charge is 2.40. The van der Waals surface area contributed by atoms with Gasteiger partial charge in [-0.3, -0.25) is 0 Å². The first-order valence-corrected chi connectivity index (χ1v) is 10.6. The van der Waals surface area contributed by atoms with E-state index in [1.165, 1.54) is 25.1 Å². The van der Waals surface area contributed by atoms with Crippen LogP contribution in [0.1, 0.15) is 12.8 Å². The van der Waals surface area contributed by atoms with E-state index in [1.807, 2.05) is 0 Å². The summed E-state index contributed by atoms with van der Waals surface area (Å²) in [4.78, 5) is 2.65. The molecule has 0 radical (unpaired) electrons. The van der Waals surface area contributed by atoms with Crippen LogP contribution in [-0.4, -0.2) is 20.3 Å². The van der Waals surface area contributed by atoms with E-state index in [9.17, 15) is 0 Å². The number of nitrogens with zero attached hydrogens (tertiary/aromatic N) is 1. The van der Waals surface area contributed by atoms with Gasteiger partial charge in [-0.25, -0.2) is 0 Å². The Balaban J connectivity index is 1.92. The number of benzene rings is 2. The van der Waals surface area contributed by atoms with Crippen molar-refractivity contribution in [1.29, 1.82) is 0 Å². The summed E-state index contributed by atoms with van der Waals surface area (Å²) in [5.41, 5.74) is 2.11. The van der Waals surface area contributed by atoms with Crippen molar-refractivity contribution in [2.45, 2.75) is 31.6 Å². The molecule has 20 heavy (non-hydrogen) atoms. The molecule has 1 atom stereocenters. The average Bonchev–Trinajstić information content (AvgIpc) is 2.99. The molecular formula is C18H23NSi. The van der Waals surface area contributed by atoms with Crippen LogP contribution in [0.25, 0.3) is 0 Å². The molecule has 1 aliphatic rings. The molecule has 1 heterocycles. The van der Waals surface area contributed by atoms with Gasteiger partial charge in [-0.15, -0.1) is 0 Å². The van der Waals surface area contributed by atoms with Crippen molar-refractivity contribution < 1.29 is 0 Å². The van der Waals surface area contributed by atoms with E-state index in [-0.39, 0.29) is 0 Å². The molecule has 104 valence electrons. The van der Waals surface area contributed by atoms with E-state index in [2.05, 4.69) is 78.7 Å². The first-order chi connectivity index (χ1) is 9.69. The number of hydrogen-bond acceptors (Lipinski definition) is 1. The lowest BCUT2D eigenvalue weighted by Gasteiger charge is -2.38. The SMILES string of the molecule is C[Si](C)(c1ccccc1)C1CCCN1c1ccccc1. The van der Waals surface area contributed by atoms with Gasteiger partial charge in [0, 0.05) is 17.9 Å². The minimum Gasteiger partial charge on any atom is -0.371 e. The highest BCUT2D eigenvalue weighted by molar-refractivity contribution is 6.91. The van der Waals surface area contributed by atoms with Crippen molar-refractivity contribution in [1.82, 2.24) is 0 Å². The molecular weight excluding hydrogens is 258 g/mol. The Morgan fingerprint density at radius 1 is 0.900 bits per heavy atom. The van der Waals surface area contributed by atoms with Crippen molar-refractivity contribution in [2.24, 2.45) is 0 Å². The molecule has 1 aliphatic heterocycles. The molecule has 1 saturated heterocycles. The Bertz CT molecular complexity index is 550. The second-order valence-corrected chi connectivity index (χ2v) is 11.0. The summed E-state index contributed by atoms with van der Waals surface area (Å²) in [7, 11) is -1.47. The third-order valence-corrected chi connectivity index (χ3v) is 8.78. The smallest absolute Gasteiger partial charge is 0.105 e. The van der Waals surface area contributed by atoms with Crippen LogP contribution in [-0.2, 0) is 0 Å². The van der Waals surface area contributed by atoms with Crippen molar-refractivity contribution in [3.63, 3.8) is 0 Å². The van der Waals surface area contributed by atoms with Crippen LogP contribution in [0.15, 0.2) is 60.7 Å². The summed E-state index contributed by atoms with van der Waals surface area (Å²) >= 11 is 0. The van der Waals surface area contributed by atoms with E-state index >= 15 is 0 Å². The van der Waals surface area contributed by atoms with Gasteiger partial charge in [0.05, 0.1) is 0 Å². The van der Waals surface area contributed by atoms with Gasteiger partial charge in [-0.05, 0) is 25.0 Å². The second kappa shape index (κ2) is 5.45. The van der Waals surface area contributed by atoms with Crippen LogP contribution < -0.4 is 10.1 Å². The zero-order chi connectivity index (χ0) is 14.0. The number of anilines is 1. The Hall–Kier alpha value is -1.54. The molecule has 0 saturated carbocycles. The molecule has 0 bridgehead atoms. The Morgan fingerprint density at radius 3 is 2.15 bits per heavy atom. The fourth-order valence-electron chi connectivity index (χ4n) is 3.51. The third-order valence-electron chi connectivity index (χ3n) is 4.69. The minimum absolute atomic E-state index is 0.715. The van der Waals surface area contributed by atoms with Crippen LogP contribution in [0, 0.1) is 0 Å². The van der Waals surface area contributed by atoms with Crippen LogP contribution in [0.4, 0.5) is 5.69 Å². The van der Waals surface area contributed by atoms with Crippen molar-refractivity contribution in [2.75, 3.05) is 11.4 Å². The summed E-state index contributed by atoms with van der Waals surface area (Å²) in [5, 5.41) is 1.58. The molecule has 1 nitrogen and oxygen atoms in total. The topological polar surface area (TPSA) is 3.24 Å². The zero-order valence-corrected chi connectivity index (χ0v) is 13.4. The highest BCUT2D eigenvalue weighted by Crippen LogP contribution is 2.30. The maximum Gasteiger partial charge on any atom is 0.105 e. The predicted octanol–water partition coefficient (Wildman–Crippen LogP) is 3.81. The maximum atomic E-state index is 2.65. The van der Waals surface area contributed by atoms with Gasteiger partial charge in [0.15, 0.2) is 0 Å². The lowest BCUT2D eigenvalue weighted by atomic mass is 10.3. The molecule has 2 aromatic rings. The van der Waals surface area contributed by atoms with Gasteiger partial charge in [-0.2, -0.15) is 0 Å². The summed E-state index contributed by atoms with van der Waals surface area (Å²) in [6.45, 7) is 6.25. The van der Waals surface area contributed by atoms with Gasteiger partial charge in [0.1, 0.15) is 8.07 Å². The lowest BCUT2D eigenvalue weighted by molar-refractivity contribution is 0.849. The summed E-state index contributed by atoms with van der Waals surface area (Å²) in [5.74, 6) is 0. The van der Waals surface area contributed by atoms with E-state index in [0.717, 1.165) is 0 Å². The lowest BCUT2D eigenvalue weighted by Crippen LogP contribution is -2.58. The Morgan fingerprint density at radius 2 is 1.50 bits per heavy atom. The first kappa shape index (κ1) is 13.4. The Labute approximate surface area is 123 Å². The number of para-hydroxylation sites is 1. The molecule has 0 aliphatic carbocycles. The van der Waals surface area contributed by atoms with Crippen LogP contribution in [0.2, 0.25) is 13.1 Å². The Kier molecular flexibility index (Phi) is 3.66. The summed E-state index contributed by atoms with van der Waals surface area (Å²) in [6, 6.07) is 22.1. The van der Waals surface area contributed by atoms with E-state index < -0.39 is 8.07 Å².